The zero-order valence-electron chi connectivity index (χ0n) is 10.5. The maximum Gasteiger partial charge on any atom is 0.310 e. The van der Waals surface area contributed by atoms with Crippen molar-refractivity contribution in [1.82, 2.24) is 10.6 Å². The van der Waals surface area contributed by atoms with Gasteiger partial charge in [0.15, 0.2) is 0 Å². The third kappa shape index (κ3) is 3.32. The molecule has 0 heterocycles. The number of carbonyl (C=O) groups excluding carboxylic acids is 2. The fourth-order valence-electron chi connectivity index (χ4n) is 2.27. The van der Waals surface area contributed by atoms with Crippen molar-refractivity contribution >= 4 is 11.8 Å². The van der Waals surface area contributed by atoms with E-state index >= 15 is 0 Å². The smallest absolute Gasteiger partial charge is 0.310 e. The fourth-order valence-corrected chi connectivity index (χ4v) is 2.27. The number of hydrogen-bond donors (Lipinski definition) is 2. The molecule has 1 unspecified atom stereocenters. The van der Waals surface area contributed by atoms with Crippen LogP contribution in [0.2, 0.25) is 0 Å². The molecule has 0 radical (unpaired) electrons. The number of benzene rings is 1. The Morgan fingerprint density at radius 1 is 1.26 bits per heavy atom. The maximum atomic E-state index is 11.6. The Balaban J connectivity index is 1.90. The van der Waals surface area contributed by atoms with Crippen molar-refractivity contribution in [2.75, 3.05) is 6.54 Å². The van der Waals surface area contributed by atoms with E-state index in [9.17, 15) is 9.59 Å². The molecule has 0 saturated heterocycles. The molecule has 19 heavy (non-hydrogen) atoms. The molecule has 1 aromatic rings. The van der Waals surface area contributed by atoms with E-state index in [4.69, 9.17) is 5.26 Å². The highest BCUT2D eigenvalue weighted by Crippen LogP contribution is 2.20. The Bertz CT molecular complexity index is 534. The van der Waals surface area contributed by atoms with E-state index < -0.39 is 11.8 Å². The number of rotatable bonds is 2. The standard InChI is InChI=1S/C14H15N3O2/c15-7-8-16-13(18)14(19)17-12-6-5-10-3-1-2-4-11(10)9-12/h1-4,12H,5-6,8-9H2,(H,16,18)(H,17,19). The SMILES string of the molecule is N#CCNC(=O)C(=O)NC1CCc2ccccc2C1. The number of carbonyl (C=O) groups is 2. The van der Waals surface area contributed by atoms with Crippen LogP contribution in [0.15, 0.2) is 24.3 Å². The number of nitrogens with zero attached hydrogens (tertiary/aromatic N) is 1. The molecule has 1 aliphatic carbocycles. The zero-order chi connectivity index (χ0) is 13.7. The predicted octanol–water partition coefficient (Wildman–Crippen LogP) is 0.300. The van der Waals surface area contributed by atoms with Gasteiger partial charge in [0, 0.05) is 6.04 Å². The van der Waals surface area contributed by atoms with Gasteiger partial charge in [0.25, 0.3) is 0 Å². The summed E-state index contributed by atoms with van der Waals surface area (Å²) in [5, 5.41) is 13.3. The van der Waals surface area contributed by atoms with Gasteiger partial charge in [-0.05, 0) is 30.4 Å². The van der Waals surface area contributed by atoms with Crippen molar-refractivity contribution in [2.45, 2.75) is 25.3 Å². The van der Waals surface area contributed by atoms with Crippen LogP contribution in [0, 0.1) is 11.3 Å². The van der Waals surface area contributed by atoms with E-state index in [0.717, 1.165) is 19.3 Å². The lowest BCUT2D eigenvalue weighted by Crippen LogP contribution is -2.46. The Morgan fingerprint density at radius 3 is 2.74 bits per heavy atom. The van der Waals surface area contributed by atoms with Crippen molar-refractivity contribution in [3.05, 3.63) is 35.4 Å². The summed E-state index contributed by atoms with van der Waals surface area (Å²) in [6.07, 6.45) is 2.47. The maximum absolute atomic E-state index is 11.6. The number of fused-ring (bicyclic) bond motifs is 1. The summed E-state index contributed by atoms with van der Waals surface area (Å²) in [7, 11) is 0. The highest BCUT2D eigenvalue weighted by Gasteiger charge is 2.22. The van der Waals surface area contributed by atoms with Crippen LogP contribution in [-0.4, -0.2) is 24.4 Å². The largest absolute Gasteiger partial charge is 0.345 e. The van der Waals surface area contributed by atoms with E-state index in [1.54, 1.807) is 6.07 Å². The lowest BCUT2D eigenvalue weighted by atomic mass is 9.88. The van der Waals surface area contributed by atoms with Gasteiger partial charge in [-0.2, -0.15) is 5.26 Å². The average Bonchev–Trinajstić information content (AvgIpc) is 2.44. The summed E-state index contributed by atoms with van der Waals surface area (Å²) in [6, 6.07) is 9.86. The van der Waals surface area contributed by atoms with E-state index in [1.165, 1.54) is 11.1 Å². The van der Waals surface area contributed by atoms with E-state index in [0.29, 0.717) is 0 Å². The Kier molecular flexibility index (Phi) is 4.14. The third-order valence-corrected chi connectivity index (χ3v) is 3.22. The number of nitrogens with one attached hydrogen (secondary N) is 2. The monoisotopic (exact) mass is 257 g/mol. The number of nitriles is 1. The molecule has 0 fully saturated rings. The van der Waals surface area contributed by atoms with Crippen LogP contribution >= 0.6 is 0 Å². The highest BCUT2D eigenvalue weighted by atomic mass is 16.2. The van der Waals surface area contributed by atoms with Gasteiger partial charge >= 0.3 is 11.8 Å². The van der Waals surface area contributed by atoms with Crippen molar-refractivity contribution < 1.29 is 9.59 Å². The van der Waals surface area contributed by atoms with E-state index in [-0.39, 0.29) is 12.6 Å². The minimum atomic E-state index is -0.750. The van der Waals surface area contributed by atoms with Crippen LogP contribution in [-0.2, 0) is 22.4 Å². The van der Waals surface area contributed by atoms with Gasteiger partial charge in [-0.3, -0.25) is 9.59 Å². The third-order valence-electron chi connectivity index (χ3n) is 3.22. The van der Waals surface area contributed by atoms with Gasteiger partial charge in [-0.15, -0.1) is 0 Å². The molecule has 2 N–H and O–H groups in total. The molecule has 0 spiro atoms. The summed E-state index contributed by atoms with van der Waals surface area (Å²) >= 11 is 0. The van der Waals surface area contributed by atoms with Crippen LogP contribution in [0.25, 0.3) is 0 Å². The number of amides is 2. The Labute approximate surface area is 111 Å². The fraction of sp³-hybridized carbons (Fsp3) is 0.357. The Morgan fingerprint density at radius 2 is 2.00 bits per heavy atom. The number of hydrogen-bond acceptors (Lipinski definition) is 3. The summed E-state index contributed by atoms with van der Waals surface area (Å²) in [4.78, 5) is 22.9. The Hall–Kier alpha value is -2.35. The molecule has 1 aromatic carbocycles. The molecule has 2 amide bonds. The number of aryl methyl sites for hydroxylation is 1. The molecule has 0 saturated carbocycles. The van der Waals surface area contributed by atoms with Gasteiger partial charge in [0.1, 0.15) is 6.54 Å². The van der Waals surface area contributed by atoms with Crippen molar-refractivity contribution in [3.63, 3.8) is 0 Å². The van der Waals surface area contributed by atoms with Crippen LogP contribution in [0.5, 0.6) is 0 Å². The molecule has 98 valence electrons. The van der Waals surface area contributed by atoms with Crippen LogP contribution in [0.4, 0.5) is 0 Å². The van der Waals surface area contributed by atoms with Crippen LogP contribution in [0.3, 0.4) is 0 Å². The molecular formula is C14H15N3O2. The second-order valence-electron chi connectivity index (χ2n) is 4.52. The van der Waals surface area contributed by atoms with E-state index in [1.807, 2.05) is 18.2 Å². The van der Waals surface area contributed by atoms with Crippen molar-refractivity contribution in [1.29, 1.82) is 5.26 Å². The molecule has 5 heteroatoms. The van der Waals surface area contributed by atoms with E-state index in [2.05, 4.69) is 16.7 Å². The highest BCUT2D eigenvalue weighted by molar-refractivity contribution is 6.35. The van der Waals surface area contributed by atoms with Crippen LogP contribution in [0.1, 0.15) is 17.5 Å². The minimum Gasteiger partial charge on any atom is -0.345 e. The topological polar surface area (TPSA) is 82.0 Å². The quantitative estimate of drug-likeness (QED) is 0.590. The summed E-state index contributed by atoms with van der Waals surface area (Å²) < 4.78 is 0. The summed E-state index contributed by atoms with van der Waals surface area (Å²) in [5.74, 6) is -1.42. The van der Waals surface area contributed by atoms with Crippen LogP contribution < -0.4 is 10.6 Å². The second-order valence-corrected chi connectivity index (χ2v) is 4.52. The lowest BCUT2D eigenvalue weighted by molar-refractivity contribution is -0.139. The lowest BCUT2D eigenvalue weighted by Gasteiger charge is -2.25. The minimum absolute atomic E-state index is 0.0183. The molecular weight excluding hydrogens is 242 g/mol. The van der Waals surface area contributed by atoms with Crippen molar-refractivity contribution in [2.24, 2.45) is 0 Å². The second kappa shape index (κ2) is 6.01. The molecule has 0 bridgehead atoms. The first-order chi connectivity index (χ1) is 9.20. The predicted molar refractivity (Wildman–Crippen MR) is 69.0 cm³/mol. The summed E-state index contributed by atoms with van der Waals surface area (Å²) in [5.41, 5.74) is 2.53. The average molecular weight is 257 g/mol. The molecule has 5 nitrogen and oxygen atoms in total. The first kappa shape index (κ1) is 13.1. The first-order valence-electron chi connectivity index (χ1n) is 6.23. The van der Waals surface area contributed by atoms with Gasteiger partial charge in [-0.1, -0.05) is 24.3 Å². The normalized spacial score (nSPS) is 16.9. The zero-order valence-corrected chi connectivity index (χ0v) is 10.5. The molecule has 0 aliphatic heterocycles. The molecule has 2 rings (SSSR count). The molecule has 1 aliphatic rings. The molecule has 1 atom stereocenters. The first-order valence-corrected chi connectivity index (χ1v) is 6.23. The van der Waals surface area contributed by atoms with Gasteiger partial charge in [0.05, 0.1) is 6.07 Å². The van der Waals surface area contributed by atoms with Gasteiger partial charge < -0.3 is 10.6 Å². The van der Waals surface area contributed by atoms with Gasteiger partial charge in [0.2, 0.25) is 0 Å². The summed E-state index contributed by atoms with van der Waals surface area (Å²) in [6.45, 7) is -0.153. The van der Waals surface area contributed by atoms with Gasteiger partial charge in [-0.25, -0.2) is 0 Å². The van der Waals surface area contributed by atoms with Crippen molar-refractivity contribution in [3.8, 4) is 6.07 Å². The molecule has 0 aromatic heterocycles.